The summed E-state index contributed by atoms with van der Waals surface area (Å²) in [5.41, 5.74) is 4.27. The molecule has 1 fully saturated rings. The smallest absolute Gasteiger partial charge is 0.256 e. The Hall–Kier alpha value is -0.220. The zero-order valence-electron chi connectivity index (χ0n) is 8.09. The van der Waals surface area contributed by atoms with Gasteiger partial charge in [-0.2, -0.15) is 0 Å². The number of hydrogen-bond donors (Lipinski definition) is 1. The Bertz CT molecular complexity index is 175. The summed E-state index contributed by atoms with van der Waals surface area (Å²) in [6.07, 6.45) is -2.04. The Morgan fingerprint density at radius 1 is 1.46 bits per heavy atom. The molecular weight excluding hydrogens is 176 g/mol. The van der Waals surface area contributed by atoms with Crippen molar-refractivity contribution in [2.45, 2.75) is 44.8 Å². The predicted octanol–water partition coefficient (Wildman–Crippen LogP) is 1.78. The molecule has 0 aromatic rings. The maximum absolute atomic E-state index is 12.6. The van der Waals surface area contributed by atoms with E-state index in [0.717, 1.165) is 0 Å². The van der Waals surface area contributed by atoms with Crippen LogP contribution >= 0.6 is 0 Å². The van der Waals surface area contributed by atoms with Gasteiger partial charge in [-0.05, 0) is 18.8 Å². The molecule has 1 heterocycles. The van der Waals surface area contributed by atoms with Crippen LogP contribution in [0.4, 0.5) is 8.78 Å². The van der Waals surface area contributed by atoms with Crippen LogP contribution in [0.1, 0.15) is 26.7 Å². The van der Waals surface area contributed by atoms with E-state index in [0.29, 0.717) is 6.61 Å². The highest BCUT2D eigenvalue weighted by Gasteiger charge is 2.41. The quantitative estimate of drug-likeness (QED) is 0.725. The van der Waals surface area contributed by atoms with Crippen LogP contribution in [0.15, 0.2) is 0 Å². The molecule has 0 bridgehead atoms. The molecule has 0 amide bonds. The van der Waals surface area contributed by atoms with Crippen LogP contribution in [0.25, 0.3) is 0 Å². The third-order valence-electron chi connectivity index (χ3n) is 2.66. The Morgan fingerprint density at radius 2 is 2.08 bits per heavy atom. The third kappa shape index (κ3) is 2.38. The van der Waals surface area contributed by atoms with Gasteiger partial charge in [0.25, 0.3) is 6.43 Å². The zero-order valence-corrected chi connectivity index (χ0v) is 8.09. The van der Waals surface area contributed by atoms with E-state index in [4.69, 9.17) is 10.5 Å². The van der Waals surface area contributed by atoms with E-state index in [1.54, 1.807) is 0 Å². The number of hydrogen-bond acceptors (Lipinski definition) is 2. The molecule has 0 saturated carbocycles. The van der Waals surface area contributed by atoms with Crippen LogP contribution in [0.5, 0.6) is 0 Å². The van der Waals surface area contributed by atoms with Crippen molar-refractivity contribution in [3.05, 3.63) is 0 Å². The van der Waals surface area contributed by atoms with E-state index >= 15 is 0 Å². The lowest BCUT2D eigenvalue weighted by Gasteiger charge is -2.38. The molecule has 0 spiro atoms. The Morgan fingerprint density at radius 3 is 2.54 bits per heavy atom. The van der Waals surface area contributed by atoms with Gasteiger partial charge in [-0.15, -0.1) is 0 Å². The first-order valence-corrected chi connectivity index (χ1v) is 4.64. The highest BCUT2D eigenvalue weighted by molar-refractivity contribution is 4.93. The van der Waals surface area contributed by atoms with Crippen molar-refractivity contribution in [3.63, 3.8) is 0 Å². The maximum atomic E-state index is 12.6. The number of halogens is 2. The third-order valence-corrected chi connectivity index (χ3v) is 2.66. The van der Waals surface area contributed by atoms with Gasteiger partial charge in [0.15, 0.2) is 0 Å². The summed E-state index contributed by atoms with van der Waals surface area (Å²) >= 11 is 0. The molecule has 2 nitrogen and oxygen atoms in total. The summed E-state index contributed by atoms with van der Waals surface area (Å²) in [7, 11) is 0. The number of ether oxygens (including phenoxy) is 1. The Labute approximate surface area is 77.4 Å². The molecule has 0 aliphatic carbocycles. The van der Waals surface area contributed by atoms with E-state index in [9.17, 15) is 8.78 Å². The van der Waals surface area contributed by atoms with Crippen LogP contribution in [0.3, 0.4) is 0 Å². The van der Waals surface area contributed by atoms with Crippen molar-refractivity contribution < 1.29 is 13.5 Å². The molecule has 1 rings (SSSR count). The Kier molecular flexibility index (Phi) is 3.24. The summed E-state index contributed by atoms with van der Waals surface area (Å²) in [4.78, 5) is 0. The monoisotopic (exact) mass is 193 g/mol. The molecule has 0 aromatic carbocycles. The summed E-state index contributed by atoms with van der Waals surface area (Å²) in [6.45, 7) is 4.27. The van der Waals surface area contributed by atoms with Crippen LogP contribution < -0.4 is 5.73 Å². The van der Waals surface area contributed by atoms with Crippen molar-refractivity contribution in [1.29, 1.82) is 0 Å². The van der Waals surface area contributed by atoms with Gasteiger partial charge in [0.05, 0.1) is 11.6 Å². The molecular formula is C9H17F2NO. The molecule has 0 aromatic heterocycles. The average molecular weight is 193 g/mol. The fourth-order valence-electron chi connectivity index (χ4n) is 1.56. The standard InChI is InChI=1S/C9H17F2NO/c1-6(2)7-5-9(12,8(10)11)3-4-13-7/h6-8H,3-5,12H2,1-2H3. The van der Waals surface area contributed by atoms with E-state index in [1.807, 2.05) is 13.8 Å². The summed E-state index contributed by atoms with van der Waals surface area (Å²) < 4.78 is 30.5. The fraction of sp³-hybridized carbons (Fsp3) is 1.00. The van der Waals surface area contributed by atoms with Crippen LogP contribution in [-0.2, 0) is 4.74 Å². The molecule has 0 radical (unpaired) electrons. The lowest BCUT2D eigenvalue weighted by atomic mass is 9.84. The largest absolute Gasteiger partial charge is 0.378 e. The molecule has 1 aliphatic heterocycles. The van der Waals surface area contributed by atoms with Gasteiger partial charge < -0.3 is 10.5 Å². The molecule has 2 N–H and O–H groups in total. The van der Waals surface area contributed by atoms with Crippen molar-refractivity contribution in [2.24, 2.45) is 11.7 Å². The van der Waals surface area contributed by atoms with Gasteiger partial charge in [-0.25, -0.2) is 8.78 Å². The van der Waals surface area contributed by atoms with Gasteiger partial charge in [0, 0.05) is 6.61 Å². The van der Waals surface area contributed by atoms with Crippen molar-refractivity contribution in [1.82, 2.24) is 0 Å². The van der Waals surface area contributed by atoms with Gasteiger partial charge in [-0.1, -0.05) is 13.8 Å². The molecule has 2 unspecified atom stereocenters. The van der Waals surface area contributed by atoms with Gasteiger partial charge >= 0.3 is 0 Å². The minimum absolute atomic E-state index is 0.118. The van der Waals surface area contributed by atoms with Gasteiger partial charge in [-0.3, -0.25) is 0 Å². The first kappa shape index (κ1) is 10.9. The second-order valence-electron chi connectivity index (χ2n) is 4.14. The molecule has 2 atom stereocenters. The zero-order chi connectivity index (χ0) is 10.1. The molecule has 1 saturated heterocycles. The van der Waals surface area contributed by atoms with Crippen molar-refractivity contribution in [3.8, 4) is 0 Å². The predicted molar refractivity (Wildman–Crippen MR) is 46.7 cm³/mol. The molecule has 4 heteroatoms. The van der Waals surface area contributed by atoms with Crippen molar-refractivity contribution >= 4 is 0 Å². The number of nitrogens with two attached hydrogens (primary N) is 1. The Balaban J connectivity index is 2.60. The summed E-state index contributed by atoms with van der Waals surface area (Å²) in [5.74, 6) is 0.252. The average Bonchev–Trinajstić information content (AvgIpc) is 2.04. The molecule has 13 heavy (non-hydrogen) atoms. The minimum atomic E-state index is -2.45. The SMILES string of the molecule is CC(C)C1CC(N)(C(F)F)CCO1. The maximum Gasteiger partial charge on any atom is 0.256 e. The second kappa shape index (κ2) is 3.88. The van der Waals surface area contributed by atoms with Crippen molar-refractivity contribution in [2.75, 3.05) is 6.61 Å². The second-order valence-corrected chi connectivity index (χ2v) is 4.14. The topological polar surface area (TPSA) is 35.2 Å². The van der Waals surface area contributed by atoms with Crippen LogP contribution in [-0.4, -0.2) is 24.7 Å². The lowest BCUT2D eigenvalue weighted by Crippen LogP contribution is -2.54. The van der Waals surface area contributed by atoms with Gasteiger partial charge in [0.1, 0.15) is 0 Å². The molecule has 1 aliphatic rings. The normalized spacial score (nSPS) is 35.8. The van der Waals surface area contributed by atoms with Gasteiger partial charge in [0.2, 0.25) is 0 Å². The molecule has 78 valence electrons. The first-order chi connectivity index (χ1) is 5.96. The van der Waals surface area contributed by atoms with E-state index in [-0.39, 0.29) is 24.9 Å². The summed E-state index contributed by atoms with van der Waals surface area (Å²) in [5, 5.41) is 0. The lowest BCUT2D eigenvalue weighted by molar-refractivity contribution is -0.0839. The van der Waals surface area contributed by atoms with Crippen LogP contribution in [0.2, 0.25) is 0 Å². The fourth-order valence-corrected chi connectivity index (χ4v) is 1.56. The van der Waals surface area contributed by atoms with Crippen LogP contribution in [0, 0.1) is 5.92 Å². The van der Waals surface area contributed by atoms with E-state index in [2.05, 4.69) is 0 Å². The number of alkyl halides is 2. The minimum Gasteiger partial charge on any atom is -0.378 e. The first-order valence-electron chi connectivity index (χ1n) is 4.64. The highest BCUT2D eigenvalue weighted by Crippen LogP contribution is 2.31. The summed E-state index contributed by atoms with van der Waals surface area (Å²) in [6, 6.07) is 0. The highest BCUT2D eigenvalue weighted by atomic mass is 19.3. The van der Waals surface area contributed by atoms with E-state index < -0.39 is 12.0 Å². The van der Waals surface area contributed by atoms with E-state index in [1.165, 1.54) is 0 Å². The number of rotatable bonds is 2.